The molecular formula is C20H15N3O2. The Morgan fingerprint density at radius 1 is 0.960 bits per heavy atom. The van der Waals surface area contributed by atoms with Crippen LogP contribution in [0, 0.1) is 0 Å². The van der Waals surface area contributed by atoms with Crippen LogP contribution in [0.1, 0.15) is 10.4 Å². The van der Waals surface area contributed by atoms with E-state index in [0.29, 0.717) is 17.1 Å². The molecule has 0 aliphatic carbocycles. The molecule has 122 valence electrons. The number of benzene rings is 2. The van der Waals surface area contributed by atoms with E-state index in [1.807, 2.05) is 48.5 Å². The Labute approximate surface area is 144 Å². The molecule has 0 bridgehead atoms. The summed E-state index contributed by atoms with van der Waals surface area (Å²) in [6.45, 7) is 0. The Balaban J connectivity index is 2.06. The number of aldehydes is 1. The van der Waals surface area contributed by atoms with Gasteiger partial charge in [0, 0.05) is 17.2 Å². The molecule has 5 heteroatoms. The molecule has 0 atom stereocenters. The van der Waals surface area contributed by atoms with E-state index in [1.165, 1.54) is 0 Å². The second-order valence-electron chi connectivity index (χ2n) is 5.55. The highest BCUT2D eigenvalue weighted by Gasteiger charge is 2.19. The van der Waals surface area contributed by atoms with Crippen molar-refractivity contribution in [1.82, 2.24) is 14.6 Å². The van der Waals surface area contributed by atoms with Crippen LogP contribution in [0.2, 0.25) is 0 Å². The molecule has 0 spiro atoms. The maximum Gasteiger partial charge on any atom is 0.226 e. The van der Waals surface area contributed by atoms with Crippen LogP contribution in [-0.4, -0.2) is 28.0 Å². The van der Waals surface area contributed by atoms with Crippen LogP contribution >= 0.6 is 0 Å². The van der Waals surface area contributed by atoms with Gasteiger partial charge < -0.3 is 4.74 Å². The highest BCUT2D eigenvalue weighted by molar-refractivity contribution is 5.86. The Bertz CT molecular complexity index is 1040. The number of hydrogen-bond donors (Lipinski definition) is 0. The third kappa shape index (κ3) is 2.55. The largest absolute Gasteiger partial charge is 0.480 e. The van der Waals surface area contributed by atoms with E-state index in [4.69, 9.17) is 9.72 Å². The highest BCUT2D eigenvalue weighted by Crippen LogP contribution is 2.38. The van der Waals surface area contributed by atoms with E-state index in [0.717, 1.165) is 28.7 Å². The summed E-state index contributed by atoms with van der Waals surface area (Å²) in [6, 6.07) is 19.1. The molecule has 5 nitrogen and oxygen atoms in total. The minimum absolute atomic E-state index is 0.621. The summed E-state index contributed by atoms with van der Waals surface area (Å²) < 4.78 is 7.37. The molecule has 25 heavy (non-hydrogen) atoms. The quantitative estimate of drug-likeness (QED) is 0.533. The average molecular weight is 329 g/mol. The van der Waals surface area contributed by atoms with Crippen molar-refractivity contribution >= 4 is 11.9 Å². The van der Waals surface area contributed by atoms with E-state index in [9.17, 15) is 4.79 Å². The summed E-state index contributed by atoms with van der Waals surface area (Å²) in [5.74, 6) is 0.621. The number of nitrogens with zero attached hydrogens (tertiary/aromatic N) is 3. The predicted molar refractivity (Wildman–Crippen MR) is 95.8 cm³/mol. The summed E-state index contributed by atoms with van der Waals surface area (Å²) in [7, 11) is 1.63. The van der Waals surface area contributed by atoms with Crippen molar-refractivity contribution < 1.29 is 9.53 Å². The van der Waals surface area contributed by atoms with Gasteiger partial charge in [0.05, 0.1) is 24.6 Å². The lowest BCUT2D eigenvalue weighted by Crippen LogP contribution is -2.03. The number of aromatic nitrogens is 3. The first-order valence-electron chi connectivity index (χ1n) is 7.84. The van der Waals surface area contributed by atoms with Crippen molar-refractivity contribution in [3.8, 4) is 28.3 Å². The summed E-state index contributed by atoms with van der Waals surface area (Å²) >= 11 is 0. The highest BCUT2D eigenvalue weighted by atomic mass is 16.5. The fraction of sp³-hybridized carbons (Fsp3) is 0.0500. The zero-order valence-corrected chi connectivity index (χ0v) is 13.6. The van der Waals surface area contributed by atoms with Crippen molar-refractivity contribution in [2.45, 2.75) is 0 Å². The lowest BCUT2D eigenvalue weighted by Gasteiger charge is -2.15. The molecule has 4 rings (SSSR count). The van der Waals surface area contributed by atoms with Crippen molar-refractivity contribution in [2.75, 3.05) is 7.11 Å². The Hall–Kier alpha value is -3.47. The molecule has 0 fully saturated rings. The van der Waals surface area contributed by atoms with Gasteiger partial charge in [-0.1, -0.05) is 54.6 Å². The Kier molecular flexibility index (Phi) is 3.74. The lowest BCUT2D eigenvalue weighted by molar-refractivity contribution is 0.112. The zero-order chi connectivity index (χ0) is 17.2. The van der Waals surface area contributed by atoms with Crippen molar-refractivity contribution in [1.29, 1.82) is 0 Å². The van der Waals surface area contributed by atoms with Gasteiger partial charge in [-0.05, 0) is 5.56 Å². The molecule has 4 aromatic rings. The number of ether oxygens (including phenoxy) is 1. The molecule has 2 aromatic heterocycles. The standard InChI is InChI=1S/C20H15N3O2/c1-25-20-18(15-5-3-2-4-6-15)19(22-17-11-12-21-23(17)20)16-9-7-14(13-24)8-10-16/h2-13H,1H3. The van der Waals surface area contributed by atoms with Gasteiger partial charge in [-0.3, -0.25) is 4.79 Å². The van der Waals surface area contributed by atoms with Gasteiger partial charge >= 0.3 is 0 Å². The molecule has 2 heterocycles. The van der Waals surface area contributed by atoms with Crippen LogP contribution in [-0.2, 0) is 0 Å². The first-order chi connectivity index (χ1) is 12.3. The van der Waals surface area contributed by atoms with Crippen LogP contribution in [0.5, 0.6) is 5.88 Å². The van der Waals surface area contributed by atoms with Gasteiger partial charge in [0.15, 0.2) is 5.65 Å². The molecule has 0 saturated carbocycles. The summed E-state index contributed by atoms with van der Waals surface area (Å²) in [6.07, 6.45) is 2.52. The van der Waals surface area contributed by atoms with E-state index >= 15 is 0 Å². The van der Waals surface area contributed by atoms with E-state index in [2.05, 4.69) is 5.10 Å². The molecule has 0 N–H and O–H groups in total. The van der Waals surface area contributed by atoms with Crippen LogP contribution in [0.15, 0.2) is 66.9 Å². The number of fused-ring (bicyclic) bond motifs is 1. The second kappa shape index (κ2) is 6.20. The van der Waals surface area contributed by atoms with Crippen LogP contribution < -0.4 is 4.74 Å². The molecule has 2 aromatic carbocycles. The first kappa shape index (κ1) is 15.1. The maximum atomic E-state index is 10.9. The van der Waals surface area contributed by atoms with Gasteiger partial charge in [-0.15, -0.1) is 0 Å². The fourth-order valence-electron chi connectivity index (χ4n) is 2.90. The van der Waals surface area contributed by atoms with Crippen molar-refractivity contribution in [2.24, 2.45) is 0 Å². The monoisotopic (exact) mass is 329 g/mol. The molecule has 0 unspecified atom stereocenters. The third-order valence-corrected chi connectivity index (χ3v) is 4.07. The molecular weight excluding hydrogens is 314 g/mol. The zero-order valence-electron chi connectivity index (χ0n) is 13.6. The smallest absolute Gasteiger partial charge is 0.226 e. The molecule has 0 amide bonds. The van der Waals surface area contributed by atoms with Gasteiger partial charge in [-0.2, -0.15) is 9.61 Å². The molecule has 0 radical (unpaired) electrons. The van der Waals surface area contributed by atoms with E-state index in [-0.39, 0.29) is 0 Å². The van der Waals surface area contributed by atoms with Crippen LogP contribution in [0.3, 0.4) is 0 Å². The lowest BCUT2D eigenvalue weighted by atomic mass is 9.99. The fourth-order valence-corrected chi connectivity index (χ4v) is 2.90. The third-order valence-electron chi connectivity index (χ3n) is 4.07. The first-order valence-corrected chi connectivity index (χ1v) is 7.84. The summed E-state index contributed by atoms with van der Waals surface area (Å²) in [4.78, 5) is 15.7. The van der Waals surface area contributed by atoms with Crippen LogP contribution in [0.4, 0.5) is 0 Å². The number of hydrogen-bond acceptors (Lipinski definition) is 4. The topological polar surface area (TPSA) is 56.5 Å². The summed E-state index contributed by atoms with van der Waals surface area (Å²) in [5.41, 5.74) is 4.87. The SMILES string of the molecule is COc1c(-c2ccccc2)c(-c2ccc(C=O)cc2)nc2ccnn12. The number of methoxy groups -OCH3 is 1. The Morgan fingerprint density at radius 3 is 2.40 bits per heavy atom. The Morgan fingerprint density at radius 2 is 1.72 bits per heavy atom. The maximum absolute atomic E-state index is 10.9. The van der Waals surface area contributed by atoms with Crippen molar-refractivity contribution in [3.05, 3.63) is 72.4 Å². The van der Waals surface area contributed by atoms with Gasteiger partial charge in [0.25, 0.3) is 0 Å². The van der Waals surface area contributed by atoms with Crippen LogP contribution in [0.25, 0.3) is 28.0 Å². The predicted octanol–water partition coefficient (Wildman–Crippen LogP) is 3.88. The molecule has 0 aliphatic heterocycles. The van der Waals surface area contributed by atoms with E-state index in [1.54, 1.807) is 30.0 Å². The molecule has 0 aliphatic rings. The van der Waals surface area contributed by atoms with Gasteiger partial charge in [0.2, 0.25) is 5.88 Å². The number of carbonyl (C=O) groups is 1. The second-order valence-corrected chi connectivity index (χ2v) is 5.55. The van der Waals surface area contributed by atoms with E-state index < -0.39 is 0 Å². The van der Waals surface area contributed by atoms with Gasteiger partial charge in [0.1, 0.15) is 6.29 Å². The number of rotatable bonds is 4. The minimum atomic E-state index is 0.621. The molecule has 0 saturated heterocycles. The van der Waals surface area contributed by atoms with Crippen molar-refractivity contribution in [3.63, 3.8) is 0 Å². The van der Waals surface area contributed by atoms with Gasteiger partial charge in [-0.25, -0.2) is 4.98 Å². The summed E-state index contributed by atoms with van der Waals surface area (Å²) in [5, 5.41) is 4.32. The minimum Gasteiger partial charge on any atom is -0.480 e. The normalized spacial score (nSPS) is 10.8. The number of carbonyl (C=O) groups excluding carboxylic acids is 1. The average Bonchev–Trinajstić information content (AvgIpc) is 3.15.